The van der Waals surface area contributed by atoms with Crippen molar-refractivity contribution < 1.29 is 0 Å². The summed E-state index contributed by atoms with van der Waals surface area (Å²) in [6, 6.07) is 32.9. The monoisotopic (exact) mass is 576 g/mol. The summed E-state index contributed by atoms with van der Waals surface area (Å²) < 4.78 is 4.28. The summed E-state index contributed by atoms with van der Waals surface area (Å²) in [7, 11) is 7.77. The lowest BCUT2D eigenvalue weighted by molar-refractivity contribution is 0.678. The average molecular weight is 577 g/mol. The van der Waals surface area contributed by atoms with Crippen LogP contribution >= 0.6 is 10.0 Å². The summed E-state index contributed by atoms with van der Waals surface area (Å²) in [5.41, 5.74) is 5.54. The smallest absolute Gasteiger partial charge is 0.370 e. The first-order chi connectivity index (χ1) is 20.7. The quantitative estimate of drug-likeness (QED) is 0.254. The van der Waals surface area contributed by atoms with Gasteiger partial charge in [0, 0.05) is 43.8 Å². The molecule has 10 rings (SSSR count). The van der Waals surface area contributed by atoms with Crippen LogP contribution in [0.1, 0.15) is 28.4 Å². The van der Waals surface area contributed by atoms with Gasteiger partial charge in [-0.25, -0.2) is 25.0 Å². The Morgan fingerprint density at radius 2 is 1.14 bits per heavy atom. The predicted octanol–water partition coefficient (Wildman–Crippen LogP) is 5.00. The molecule has 0 amide bonds. The molecule has 1 N–H and O–H groups in total. The maximum Gasteiger partial charge on any atom is 0.722 e. The zero-order valence-corrected chi connectivity index (χ0v) is 23.8. The van der Waals surface area contributed by atoms with E-state index in [1.807, 2.05) is 48.5 Å². The van der Waals surface area contributed by atoms with Crippen molar-refractivity contribution in [3.05, 3.63) is 130 Å². The van der Waals surface area contributed by atoms with Crippen LogP contribution in [0, 0.1) is 0 Å². The number of benzene rings is 4. The second kappa shape index (κ2) is 8.14. The molecule has 0 spiro atoms. The standard InChI is InChI=1S/C32H18N8.Al.ClH/c1-2-10-18-17(9-1)25-33-26(18)38-28-21-13-5-6-14-22(21)30(35-28)40-32-24-16-8-7-15-23(24)31(36-32)39-29-20-12-4-3-11-19(20)27(34-29)37-25;;/h1-16,25H,(H-,33,34,36,37,38,39,40);;1H/q-2;+3;/p-1. The first-order valence-corrected chi connectivity index (χ1v) is 16.6. The van der Waals surface area contributed by atoms with Gasteiger partial charge in [0.1, 0.15) is 34.6 Å². The van der Waals surface area contributed by atoms with Gasteiger partial charge < -0.3 is 12.4 Å². The Morgan fingerprint density at radius 1 is 0.571 bits per heavy atom. The molecular formula is C32H18AlClN8. The zero-order chi connectivity index (χ0) is 27.5. The van der Waals surface area contributed by atoms with Gasteiger partial charge in [0.15, 0.2) is 11.7 Å². The second-order valence-electron chi connectivity index (χ2n) is 10.7. The number of fused-ring (bicyclic) bond motifs is 15. The molecule has 0 radical (unpaired) electrons. The maximum absolute atomic E-state index is 7.77. The number of nitrogens with zero attached hydrogens (tertiary/aromatic N) is 7. The van der Waals surface area contributed by atoms with E-state index < -0.39 is 13.7 Å². The van der Waals surface area contributed by atoms with E-state index in [9.17, 15) is 0 Å². The summed E-state index contributed by atoms with van der Waals surface area (Å²) in [6.45, 7) is 0. The van der Waals surface area contributed by atoms with Crippen molar-refractivity contribution in [3.63, 3.8) is 0 Å². The zero-order valence-electron chi connectivity index (χ0n) is 21.9. The fourth-order valence-electron chi connectivity index (χ4n) is 6.58. The maximum atomic E-state index is 7.77. The van der Waals surface area contributed by atoms with Gasteiger partial charge in [0.2, 0.25) is 0 Å². The summed E-state index contributed by atoms with van der Waals surface area (Å²) >= 11 is -2.68. The van der Waals surface area contributed by atoms with E-state index in [0.717, 1.165) is 72.2 Å². The Kier molecular flexibility index (Phi) is 4.43. The molecule has 0 aliphatic carbocycles. The highest BCUT2D eigenvalue weighted by molar-refractivity contribution is 7.05. The number of hydrogen-bond acceptors (Lipinski definition) is 6. The molecule has 6 aromatic rings. The van der Waals surface area contributed by atoms with Gasteiger partial charge in [-0.3, -0.25) is 0 Å². The van der Waals surface area contributed by atoms with Crippen LogP contribution in [-0.2, 0) is 0 Å². The Morgan fingerprint density at radius 3 is 1.88 bits per heavy atom. The first kappa shape index (κ1) is 22.8. The van der Waals surface area contributed by atoms with E-state index in [2.05, 4.69) is 60.9 Å². The van der Waals surface area contributed by atoms with Gasteiger partial charge in [-0.1, -0.05) is 97.1 Å². The molecule has 4 aromatic carbocycles. The Labute approximate surface area is 247 Å². The van der Waals surface area contributed by atoms with E-state index >= 15 is 0 Å². The number of aliphatic imine (C=N–C) groups is 3. The lowest BCUT2D eigenvalue weighted by Gasteiger charge is -2.16. The number of nitrogens with one attached hydrogen (secondary N) is 1. The fourth-order valence-corrected chi connectivity index (χ4v) is 9.53. The van der Waals surface area contributed by atoms with Crippen molar-refractivity contribution in [1.82, 2.24) is 12.4 Å². The number of rotatable bonds is 0. The third kappa shape index (κ3) is 2.90. The summed E-state index contributed by atoms with van der Waals surface area (Å²) in [5, 5.41) is 7.54. The lowest BCUT2D eigenvalue weighted by atomic mass is 10.1. The molecular weight excluding hydrogens is 559 g/mol. The Hall–Kier alpha value is -4.81. The first-order valence-electron chi connectivity index (χ1n) is 13.8. The van der Waals surface area contributed by atoms with E-state index in [0.29, 0.717) is 11.7 Å². The molecule has 1 unspecified atom stereocenters. The molecule has 196 valence electrons. The highest BCUT2D eigenvalue weighted by atomic mass is 35.6. The highest BCUT2D eigenvalue weighted by Gasteiger charge is 2.38. The molecule has 6 bridgehead atoms. The van der Waals surface area contributed by atoms with E-state index in [1.54, 1.807) is 0 Å². The topological polar surface area (TPSA) is 83.7 Å². The third-order valence-corrected chi connectivity index (χ3v) is 11.5. The molecule has 6 heterocycles. The summed E-state index contributed by atoms with van der Waals surface area (Å²) in [5.74, 6) is 3.53. The fraction of sp³-hybridized carbons (Fsp3) is 0.0312. The van der Waals surface area contributed by atoms with Crippen molar-refractivity contribution >= 4 is 74.4 Å². The largest absolute Gasteiger partial charge is 0.722 e. The third-order valence-electron chi connectivity index (χ3n) is 8.45. The molecule has 42 heavy (non-hydrogen) atoms. The van der Waals surface area contributed by atoms with Crippen molar-refractivity contribution in [1.29, 1.82) is 0 Å². The van der Waals surface area contributed by atoms with Crippen LogP contribution < -0.4 is 16.3 Å². The normalized spacial score (nSPS) is 20.7. The van der Waals surface area contributed by atoms with E-state index in [4.69, 9.17) is 35.0 Å². The van der Waals surface area contributed by atoms with Crippen LogP contribution in [0.25, 0.3) is 21.5 Å². The summed E-state index contributed by atoms with van der Waals surface area (Å²) in [4.78, 5) is 26.1. The SMILES string of the molecule is [Cl][Al]1[n]2c3c4ccccc4c2/N=C2\NC(/N=c4/c5ccccc5c([n]41)=NC1=N/C(=N\3)c3ccccc31)c1ccccc12. The van der Waals surface area contributed by atoms with Crippen LogP contribution in [-0.4, -0.2) is 38.3 Å². The minimum Gasteiger partial charge on any atom is -0.370 e. The molecule has 0 fully saturated rings. The molecule has 0 saturated heterocycles. The van der Waals surface area contributed by atoms with Crippen molar-refractivity contribution in [2.45, 2.75) is 6.17 Å². The van der Waals surface area contributed by atoms with E-state index in [-0.39, 0.29) is 6.17 Å². The van der Waals surface area contributed by atoms with Gasteiger partial charge >= 0.3 is 13.7 Å². The molecule has 10 heteroatoms. The van der Waals surface area contributed by atoms with Crippen molar-refractivity contribution in [3.8, 4) is 0 Å². The highest BCUT2D eigenvalue weighted by Crippen LogP contribution is 2.41. The van der Waals surface area contributed by atoms with Crippen LogP contribution in [0.15, 0.2) is 122 Å². The molecule has 4 aliphatic rings. The Bertz CT molecular complexity index is 2430. The molecule has 0 saturated carbocycles. The number of hydrogen-bond donors (Lipinski definition) is 1. The van der Waals surface area contributed by atoms with Gasteiger partial charge in [-0.2, -0.15) is 10.0 Å². The number of halogens is 1. The minimum atomic E-state index is -2.68. The predicted molar refractivity (Wildman–Crippen MR) is 166 cm³/mol. The van der Waals surface area contributed by atoms with Gasteiger partial charge in [-0.05, 0) is 0 Å². The van der Waals surface area contributed by atoms with Gasteiger partial charge in [0.05, 0.1) is 0 Å². The lowest BCUT2D eigenvalue weighted by Crippen LogP contribution is -2.43. The van der Waals surface area contributed by atoms with Crippen LogP contribution in [0.3, 0.4) is 0 Å². The van der Waals surface area contributed by atoms with Gasteiger partial charge in [0.25, 0.3) is 0 Å². The number of amidine groups is 3. The Balaban J connectivity index is 1.49. The molecule has 1 atom stereocenters. The van der Waals surface area contributed by atoms with Crippen molar-refractivity contribution in [2.75, 3.05) is 0 Å². The molecule has 2 aromatic heterocycles. The number of aromatic nitrogens is 2. The van der Waals surface area contributed by atoms with Crippen molar-refractivity contribution in [2.24, 2.45) is 25.0 Å². The van der Waals surface area contributed by atoms with Crippen LogP contribution in [0.4, 0.5) is 11.6 Å². The second-order valence-corrected chi connectivity index (χ2v) is 13.5. The molecule has 8 nitrogen and oxygen atoms in total. The van der Waals surface area contributed by atoms with Gasteiger partial charge in [-0.15, -0.1) is 0 Å². The average Bonchev–Trinajstić information content (AvgIpc) is 3.74. The van der Waals surface area contributed by atoms with E-state index in [1.165, 1.54) is 0 Å². The van der Waals surface area contributed by atoms with Crippen LogP contribution in [0.2, 0.25) is 0 Å². The summed E-state index contributed by atoms with van der Waals surface area (Å²) in [6.07, 6.45) is -0.322. The van der Waals surface area contributed by atoms with Crippen LogP contribution in [0.5, 0.6) is 0 Å². The minimum absolute atomic E-state index is 0.322. The molecule has 4 aliphatic heterocycles.